The quantitative estimate of drug-likeness (QED) is 0.393. The van der Waals surface area contributed by atoms with Gasteiger partial charge in [0, 0.05) is 22.7 Å². The molecule has 0 heterocycles. The molecule has 0 spiro atoms. The summed E-state index contributed by atoms with van der Waals surface area (Å²) in [7, 11) is 0. The molecular weight excluding hydrogens is 402 g/mol. The molecule has 0 aliphatic heterocycles. The minimum atomic E-state index is -0.806. The van der Waals surface area contributed by atoms with E-state index in [2.05, 4.69) is 10.6 Å². The number of benzene rings is 2. The van der Waals surface area contributed by atoms with Crippen molar-refractivity contribution in [1.29, 1.82) is 0 Å². The van der Waals surface area contributed by atoms with Crippen molar-refractivity contribution in [3.05, 3.63) is 63.2 Å². The largest absolute Gasteiger partial charge is 0.340 e. The fraction of sp³-hybridized carbons (Fsp3) is 0.263. The summed E-state index contributed by atoms with van der Waals surface area (Å²) in [5.41, 5.74) is 0.472. The molecule has 0 bridgehead atoms. The number of nitrogens with one attached hydrogen (secondary N) is 2. The summed E-state index contributed by atoms with van der Waals surface area (Å²) in [5.74, 6) is -1.13. The second kappa shape index (κ2) is 9.57. The van der Waals surface area contributed by atoms with Crippen LogP contribution in [0.1, 0.15) is 24.2 Å². The van der Waals surface area contributed by atoms with E-state index in [1.807, 2.05) is 18.4 Å². The minimum absolute atomic E-state index is 0.0535. The number of amides is 2. The molecule has 0 aliphatic carbocycles. The Morgan fingerprint density at radius 3 is 2.29 bits per heavy atom. The molecule has 0 radical (unpaired) electrons. The molecule has 0 saturated heterocycles. The standard InChI is InChI=1S/C19H20ClN3O4S/c1-11(2)17(19(25)21-12-4-7-14(28-3)8-5-12)22-18(24)15-9-6-13(23(26)27)10-16(15)20/h4-11,17H,1-3H3,(H,21,25)(H,22,24)/t17-/m0/s1. The lowest BCUT2D eigenvalue weighted by molar-refractivity contribution is -0.384. The second-order valence-corrected chi connectivity index (χ2v) is 7.62. The average molecular weight is 422 g/mol. The van der Waals surface area contributed by atoms with Crippen LogP contribution in [0.2, 0.25) is 5.02 Å². The monoisotopic (exact) mass is 421 g/mol. The van der Waals surface area contributed by atoms with Crippen molar-refractivity contribution in [3.8, 4) is 0 Å². The van der Waals surface area contributed by atoms with E-state index in [0.29, 0.717) is 5.69 Å². The Morgan fingerprint density at radius 2 is 1.79 bits per heavy atom. The number of nitrogens with zero attached hydrogens (tertiary/aromatic N) is 1. The molecule has 0 aliphatic rings. The van der Waals surface area contributed by atoms with Crippen molar-refractivity contribution in [2.24, 2.45) is 5.92 Å². The van der Waals surface area contributed by atoms with E-state index in [-0.39, 0.29) is 28.1 Å². The van der Waals surface area contributed by atoms with Gasteiger partial charge in [-0.05, 0) is 42.5 Å². The van der Waals surface area contributed by atoms with Gasteiger partial charge in [-0.3, -0.25) is 19.7 Å². The van der Waals surface area contributed by atoms with E-state index in [1.54, 1.807) is 37.7 Å². The van der Waals surface area contributed by atoms with Gasteiger partial charge in [0.15, 0.2) is 0 Å². The van der Waals surface area contributed by atoms with Crippen LogP contribution >= 0.6 is 23.4 Å². The Balaban J connectivity index is 2.13. The number of carbonyl (C=O) groups excluding carboxylic acids is 2. The number of hydrogen-bond acceptors (Lipinski definition) is 5. The van der Waals surface area contributed by atoms with E-state index in [1.165, 1.54) is 12.1 Å². The van der Waals surface area contributed by atoms with Gasteiger partial charge in [0.1, 0.15) is 6.04 Å². The highest BCUT2D eigenvalue weighted by Gasteiger charge is 2.26. The molecule has 2 amide bonds. The van der Waals surface area contributed by atoms with Crippen molar-refractivity contribution in [2.75, 3.05) is 11.6 Å². The average Bonchev–Trinajstić information content (AvgIpc) is 2.65. The SMILES string of the molecule is CSc1ccc(NC(=O)[C@@H](NC(=O)c2ccc([N+](=O)[O-])cc2Cl)C(C)C)cc1. The Labute approximate surface area is 172 Å². The lowest BCUT2D eigenvalue weighted by Gasteiger charge is -2.22. The van der Waals surface area contributed by atoms with E-state index >= 15 is 0 Å². The van der Waals surface area contributed by atoms with Crippen molar-refractivity contribution < 1.29 is 14.5 Å². The van der Waals surface area contributed by atoms with Gasteiger partial charge >= 0.3 is 0 Å². The van der Waals surface area contributed by atoms with Gasteiger partial charge in [-0.25, -0.2) is 0 Å². The van der Waals surface area contributed by atoms with Crippen LogP contribution in [0, 0.1) is 16.0 Å². The number of rotatable bonds is 7. The minimum Gasteiger partial charge on any atom is -0.340 e. The van der Waals surface area contributed by atoms with Gasteiger partial charge in [-0.15, -0.1) is 11.8 Å². The first-order valence-corrected chi connectivity index (χ1v) is 10.0. The third kappa shape index (κ3) is 5.46. The first-order valence-electron chi connectivity index (χ1n) is 8.42. The molecular formula is C19H20ClN3O4S. The molecule has 2 rings (SSSR count). The van der Waals surface area contributed by atoms with Crippen molar-refractivity contribution in [2.45, 2.75) is 24.8 Å². The van der Waals surface area contributed by atoms with Crippen LogP contribution in [0.15, 0.2) is 47.4 Å². The van der Waals surface area contributed by atoms with Crippen molar-refractivity contribution in [1.82, 2.24) is 5.32 Å². The predicted octanol–water partition coefficient (Wildman–Crippen LogP) is 4.36. The van der Waals surface area contributed by atoms with Gasteiger partial charge < -0.3 is 10.6 Å². The highest BCUT2D eigenvalue weighted by Crippen LogP contribution is 2.23. The van der Waals surface area contributed by atoms with E-state index in [9.17, 15) is 19.7 Å². The van der Waals surface area contributed by atoms with E-state index in [4.69, 9.17) is 11.6 Å². The molecule has 0 unspecified atom stereocenters. The van der Waals surface area contributed by atoms with Crippen LogP contribution in [0.4, 0.5) is 11.4 Å². The van der Waals surface area contributed by atoms with E-state index < -0.39 is 16.9 Å². The molecule has 2 N–H and O–H groups in total. The third-order valence-electron chi connectivity index (χ3n) is 4.00. The summed E-state index contributed by atoms with van der Waals surface area (Å²) in [6.07, 6.45) is 1.96. The Bertz CT molecular complexity index is 887. The molecule has 0 aromatic heterocycles. The van der Waals surface area contributed by atoms with Crippen LogP contribution in [0.25, 0.3) is 0 Å². The van der Waals surface area contributed by atoms with Crippen molar-refractivity contribution in [3.63, 3.8) is 0 Å². The number of hydrogen-bond donors (Lipinski definition) is 2. The number of anilines is 1. The Hall–Kier alpha value is -2.58. The number of nitro groups is 1. The maximum absolute atomic E-state index is 12.7. The number of nitro benzene ring substituents is 1. The fourth-order valence-electron chi connectivity index (χ4n) is 2.45. The number of halogens is 1. The normalized spacial score (nSPS) is 11.8. The van der Waals surface area contributed by atoms with Crippen LogP contribution < -0.4 is 10.6 Å². The van der Waals surface area contributed by atoms with Gasteiger partial charge in [0.25, 0.3) is 11.6 Å². The van der Waals surface area contributed by atoms with Crippen LogP contribution in [-0.2, 0) is 4.79 Å². The molecule has 2 aromatic rings. The maximum atomic E-state index is 12.7. The summed E-state index contributed by atoms with van der Waals surface area (Å²) in [6.45, 7) is 3.61. The zero-order chi connectivity index (χ0) is 20.8. The third-order valence-corrected chi connectivity index (χ3v) is 5.06. The number of carbonyl (C=O) groups is 2. The number of non-ortho nitro benzene ring substituents is 1. The fourth-order valence-corrected chi connectivity index (χ4v) is 3.12. The molecule has 7 nitrogen and oxygen atoms in total. The van der Waals surface area contributed by atoms with Gasteiger partial charge in [-0.1, -0.05) is 25.4 Å². The number of thioether (sulfide) groups is 1. The molecule has 148 valence electrons. The highest BCUT2D eigenvalue weighted by atomic mass is 35.5. The van der Waals surface area contributed by atoms with Gasteiger partial charge in [-0.2, -0.15) is 0 Å². The zero-order valence-corrected chi connectivity index (χ0v) is 17.1. The smallest absolute Gasteiger partial charge is 0.270 e. The van der Waals surface area contributed by atoms with Crippen LogP contribution in [0.3, 0.4) is 0 Å². The molecule has 1 atom stereocenters. The first kappa shape index (κ1) is 21.7. The molecule has 0 saturated carbocycles. The summed E-state index contributed by atoms with van der Waals surface area (Å²) in [5, 5.41) is 16.2. The summed E-state index contributed by atoms with van der Waals surface area (Å²) in [4.78, 5) is 36.5. The lowest BCUT2D eigenvalue weighted by Crippen LogP contribution is -2.47. The van der Waals surface area contributed by atoms with Gasteiger partial charge in [0.2, 0.25) is 5.91 Å². The molecule has 2 aromatic carbocycles. The van der Waals surface area contributed by atoms with Crippen LogP contribution in [-0.4, -0.2) is 29.0 Å². The maximum Gasteiger partial charge on any atom is 0.270 e. The summed E-state index contributed by atoms with van der Waals surface area (Å²) in [6, 6.07) is 10.1. The van der Waals surface area contributed by atoms with E-state index in [0.717, 1.165) is 11.0 Å². The van der Waals surface area contributed by atoms with Gasteiger partial charge in [0.05, 0.1) is 15.5 Å². The first-order chi connectivity index (χ1) is 13.2. The second-order valence-electron chi connectivity index (χ2n) is 6.33. The predicted molar refractivity (Wildman–Crippen MR) is 111 cm³/mol. The summed E-state index contributed by atoms with van der Waals surface area (Å²) < 4.78 is 0. The Morgan fingerprint density at radius 1 is 1.14 bits per heavy atom. The van der Waals surface area contributed by atoms with Crippen LogP contribution in [0.5, 0.6) is 0 Å². The molecule has 0 fully saturated rings. The zero-order valence-electron chi connectivity index (χ0n) is 15.6. The summed E-state index contributed by atoms with van der Waals surface area (Å²) >= 11 is 7.59. The molecule has 28 heavy (non-hydrogen) atoms. The Kier molecular flexibility index (Phi) is 7.42. The topological polar surface area (TPSA) is 101 Å². The lowest BCUT2D eigenvalue weighted by atomic mass is 10.0. The van der Waals surface area contributed by atoms with Crippen molar-refractivity contribution >= 4 is 46.6 Å². The molecule has 9 heteroatoms. The highest BCUT2D eigenvalue weighted by molar-refractivity contribution is 7.98.